The highest BCUT2D eigenvalue weighted by Crippen LogP contribution is 2.20. The van der Waals surface area contributed by atoms with Crippen LogP contribution in [0.2, 0.25) is 0 Å². The molecule has 0 bridgehead atoms. The molecule has 5 nitrogen and oxygen atoms in total. The van der Waals surface area contributed by atoms with Crippen LogP contribution in [-0.4, -0.2) is 20.2 Å². The summed E-state index contributed by atoms with van der Waals surface area (Å²) in [5.74, 6) is 0. The summed E-state index contributed by atoms with van der Waals surface area (Å²) >= 11 is 0. The maximum atomic E-state index is 4.18. The van der Waals surface area contributed by atoms with Crippen molar-refractivity contribution >= 4 is 5.69 Å². The molecule has 19 heavy (non-hydrogen) atoms. The molecule has 3 aromatic rings. The number of nitrogens with one attached hydrogen (secondary N) is 2. The third-order valence-electron chi connectivity index (χ3n) is 2.79. The molecular formula is C14H13N5. The van der Waals surface area contributed by atoms with Crippen LogP contribution in [-0.2, 0) is 6.54 Å². The maximum absolute atomic E-state index is 4.18. The largest absolute Gasteiger partial charge is 0.379 e. The molecule has 0 atom stereocenters. The highest BCUT2D eigenvalue weighted by atomic mass is 15.1. The van der Waals surface area contributed by atoms with Crippen LogP contribution < -0.4 is 5.32 Å². The van der Waals surface area contributed by atoms with Crippen LogP contribution in [0, 0.1) is 0 Å². The van der Waals surface area contributed by atoms with Gasteiger partial charge < -0.3 is 5.32 Å². The zero-order valence-corrected chi connectivity index (χ0v) is 10.2. The molecular weight excluding hydrogens is 238 g/mol. The van der Waals surface area contributed by atoms with E-state index in [1.807, 2.05) is 30.3 Å². The van der Waals surface area contributed by atoms with E-state index in [0.29, 0.717) is 6.54 Å². The fourth-order valence-corrected chi connectivity index (χ4v) is 1.83. The first-order chi connectivity index (χ1) is 9.42. The van der Waals surface area contributed by atoms with Gasteiger partial charge in [0.25, 0.3) is 0 Å². The minimum Gasteiger partial charge on any atom is -0.379 e. The van der Waals surface area contributed by atoms with Gasteiger partial charge in [-0.3, -0.25) is 5.10 Å². The molecule has 0 saturated heterocycles. The number of nitrogens with zero attached hydrogens (tertiary/aromatic N) is 3. The van der Waals surface area contributed by atoms with E-state index in [4.69, 9.17) is 0 Å². The Morgan fingerprint density at radius 2 is 2.11 bits per heavy atom. The van der Waals surface area contributed by atoms with E-state index in [1.165, 1.54) is 0 Å². The molecule has 0 fully saturated rings. The molecule has 0 aliphatic rings. The number of rotatable bonds is 4. The van der Waals surface area contributed by atoms with Crippen LogP contribution in [0.1, 0.15) is 5.69 Å². The number of aromatic amines is 1. The molecule has 2 heterocycles. The number of hydrogen-bond acceptors (Lipinski definition) is 4. The van der Waals surface area contributed by atoms with Gasteiger partial charge in [0.15, 0.2) is 0 Å². The Morgan fingerprint density at radius 3 is 2.89 bits per heavy atom. The predicted molar refractivity (Wildman–Crippen MR) is 73.4 cm³/mol. The molecule has 0 aliphatic heterocycles. The predicted octanol–water partition coefficient (Wildman–Crippen LogP) is 2.48. The molecule has 0 spiro atoms. The van der Waals surface area contributed by atoms with Crippen LogP contribution in [0.5, 0.6) is 0 Å². The lowest BCUT2D eigenvalue weighted by Crippen LogP contribution is -2.01. The Kier molecular flexibility index (Phi) is 3.18. The minimum absolute atomic E-state index is 0.676. The van der Waals surface area contributed by atoms with Crippen LogP contribution in [0.25, 0.3) is 11.3 Å². The fourth-order valence-electron chi connectivity index (χ4n) is 1.83. The molecule has 0 unspecified atom stereocenters. The van der Waals surface area contributed by atoms with Gasteiger partial charge in [-0.2, -0.15) is 5.10 Å². The molecule has 94 valence electrons. The first-order valence-electron chi connectivity index (χ1n) is 6.00. The van der Waals surface area contributed by atoms with Crippen LogP contribution >= 0.6 is 0 Å². The highest BCUT2D eigenvalue weighted by Gasteiger charge is 2.00. The van der Waals surface area contributed by atoms with Crippen molar-refractivity contribution < 1.29 is 0 Å². The van der Waals surface area contributed by atoms with Crippen LogP contribution in [0.4, 0.5) is 5.69 Å². The Labute approximate surface area is 110 Å². The van der Waals surface area contributed by atoms with Crippen LogP contribution in [0.3, 0.4) is 0 Å². The zero-order chi connectivity index (χ0) is 12.9. The first kappa shape index (κ1) is 11.4. The summed E-state index contributed by atoms with van der Waals surface area (Å²) in [7, 11) is 0. The summed E-state index contributed by atoms with van der Waals surface area (Å²) in [6.45, 7) is 0.676. The third-order valence-corrected chi connectivity index (χ3v) is 2.79. The topological polar surface area (TPSA) is 66.5 Å². The van der Waals surface area contributed by atoms with Gasteiger partial charge in [0.2, 0.25) is 0 Å². The van der Waals surface area contributed by atoms with Crippen LogP contribution in [0.15, 0.2) is 55.1 Å². The summed E-state index contributed by atoms with van der Waals surface area (Å²) in [5, 5.41) is 10.3. The smallest absolute Gasteiger partial charge is 0.115 e. The molecule has 2 N–H and O–H groups in total. The van der Waals surface area contributed by atoms with Crippen molar-refractivity contribution in [3.8, 4) is 11.3 Å². The number of anilines is 1. The Bertz CT molecular complexity index is 634. The Hall–Kier alpha value is -2.69. The first-order valence-corrected chi connectivity index (χ1v) is 6.00. The number of hydrogen-bond donors (Lipinski definition) is 2. The van der Waals surface area contributed by atoms with E-state index in [2.05, 4.69) is 31.5 Å². The van der Waals surface area contributed by atoms with Crippen molar-refractivity contribution in [3.63, 3.8) is 0 Å². The second-order valence-corrected chi connectivity index (χ2v) is 4.11. The van der Waals surface area contributed by atoms with E-state index in [9.17, 15) is 0 Å². The van der Waals surface area contributed by atoms with E-state index in [1.54, 1.807) is 18.7 Å². The van der Waals surface area contributed by atoms with E-state index >= 15 is 0 Å². The summed E-state index contributed by atoms with van der Waals surface area (Å²) in [6.07, 6.45) is 5.04. The molecule has 0 aliphatic carbocycles. The zero-order valence-electron chi connectivity index (χ0n) is 10.2. The van der Waals surface area contributed by atoms with E-state index in [-0.39, 0.29) is 0 Å². The summed E-state index contributed by atoms with van der Waals surface area (Å²) in [5.41, 5.74) is 4.11. The van der Waals surface area contributed by atoms with Crippen molar-refractivity contribution in [2.75, 3.05) is 5.32 Å². The quantitative estimate of drug-likeness (QED) is 0.747. The van der Waals surface area contributed by atoms with Crippen molar-refractivity contribution in [2.24, 2.45) is 0 Å². The van der Waals surface area contributed by atoms with Gasteiger partial charge in [-0.1, -0.05) is 12.1 Å². The lowest BCUT2D eigenvalue weighted by atomic mass is 10.1. The molecule has 0 saturated carbocycles. The third kappa shape index (κ3) is 2.77. The fraction of sp³-hybridized carbons (Fsp3) is 0.0714. The average molecular weight is 251 g/mol. The number of benzene rings is 1. The summed E-state index contributed by atoms with van der Waals surface area (Å²) in [4.78, 5) is 8.07. The van der Waals surface area contributed by atoms with Gasteiger partial charge in [-0.15, -0.1) is 0 Å². The molecule has 0 radical (unpaired) electrons. The van der Waals surface area contributed by atoms with Crippen molar-refractivity contribution in [1.82, 2.24) is 20.2 Å². The Balaban J connectivity index is 1.74. The number of H-pyrrole nitrogens is 1. The van der Waals surface area contributed by atoms with Crippen molar-refractivity contribution in [1.29, 1.82) is 0 Å². The Morgan fingerprint density at radius 1 is 1.11 bits per heavy atom. The maximum Gasteiger partial charge on any atom is 0.115 e. The number of aromatic nitrogens is 4. The molecule has 2 aromatic heterocycles. The lowest BCUT2D eigenvalue weighted by molar-refractivity contribution is 1.01. The second-order valence-electron chi connectivity index (χ2n) is 4.11. The van der Waals surface area contributed by atoms with Gasteiger partial charge in [0, 0.05) is 23.6 Å². The normalized spacial score (nSPS) is 10.3. The summed E-state index contributed by atoms with van der Waals surface area (Å²) < 4.78 is 0. The SMILES string of the molecule is c1cc(NCc2ccncn2)cc(-c2ccn[nH]2)c1. The minimum atomic E-state index is 0.676. The van der Waals surface area contributed by atoms with Crippen molar-refractivity contribution in [2.45, 2.75) is 6.54 Å². The van der Waals surface area contributed by atoms with E-state index in [0.717, 1.165) is 22.6 Å². The highest BCUT2D eigenvalue weighted by molar-refractivity contribution is 5.64. The van der Waals surface area contributed by atoms with Gasteiger partial charge in [-0.05, 0) is 24.3 Å². The average Bonchev–Trinajstić information content (AvgIpc) is 3.01. The van der Waals surface area contributed by atoms with Gasteiger partial charge >= 0.3 is 0 Å². The van der Waals surface area contributed by atoms with Gasteiger partial charge in [-0.25, -0.2) is 9.97 Å². The van der Waals surface area contributed by atoms with Crippen molar-refractivity contribution in [3.05, 3.63) is 60.8 Å². The second kappa shape index (κ2) is 5.30. The molecule has 0 amide bonds. The lowest BCUT2D eigenvalue weighted by Gasteiger charge is -2.07. The monoisotopic (exact) mass is 251 g/mol. The molecule has 5 heteroatoms. The van der Waals surface area contributed by atoms with Gasteiger partial charge in [0.1, 0.15) is 6.33 Å². The molecule has 1 aromatic carbocycles. The molecule has 3 rings (SSSR count). The van der Waals surface area contributed by atoms with E-state index < -0.39 is 0 Å². The standard InChI is InChI=1S/C14H13N5/c1-2-11(14-5-7-18-19-14)8-12(3-1)16-9-13-4-6-15-10-17-13/h1-8,10,16H,9H2,(H,18,19). The summed E-state index contributed by atoms with van der Waals surface area (Å²) in [6, 6.07) is 12.0. The van der Waals surface area contributed by atoms with Gasteiger partial charge in [0.05, 0.1) is 17.9 Å².